The van der Waals surface area contributed by atoms with Crippen LogP contribution in [0.5, 0.6) is 0 Å². The van der Waals surface area contributed by atoms with E-state index in [2.05, 4.69) is 20.5 Å². The number of imidazole rings is 1. The molecule has 17 heavy (non-hydrogen) atoms. The van der Waals surface area contributed by atoms with Gasteiger partial charge in [0.15, 0.2) is 0 Å². The molecule has 0 bridgehead atoms. The average Bonchev–Trinajstić information content (AvgIpc) is 2.76. The first kappa shape index (κ1) is 11.0. The molecular formula is C11H12N5O+. The van der Waals surface area contributed by atoms with Crippen molar-refractivity contribution in [2.45, 2.75) is 0 Å². The Balaban J connectivity index is 1.97. The Kier molecular flexibility index (Phi) is 3.25. The molecule has 0 saturated heterocycles. The molecule has 0 spiro atoms. The topological polar surface area (TPSA) is 74.0 Å². The second kappa shape index (κ2) is 5.02. The van der Waals surface area contributed by atoms with Gasteiger partial charge in [0.25, 0.3) is 11.7 Å². The fourth-order valence-corrected chi connectivity index (χ4v) is 1.26. The van der Waals surface area contributed by atoms with Gasteiger partial charge in [0.05, 0.1) is 7.05 Å². The Bertz CT molecular complexity index is 532. The normalized spacial score (nSPS) is 10.6. The summed E-state index contributed by atoms with van der Waals surface area (Å²) in [5.74, 6) is 0.526. The molecule has 0 fully saturated rings. The van der Waals surface area contributed by atoms with Crippen molar-refractivity contribution in [3.8, 4) is 0 Å². The van der Waals surface area contributed by atoms with Crippen LogP contribution in [0.4, 0.5) is 0 Å². The molecule has 6 nitrogen and oxygen atoms in total. The molecule has 2 aromatic heterocycles. The van der Waals surface area contributed by atoms with Gasteiger partial charge in [-0.3, -0.25) is 9.78 Å². The third kappa shape index (κ3) is 2.75. The number of nitrogens with one attached hydrogen (secondary N) is 2. The molecule has 2 N–H and O–H groups in total. The maximum atomic E-state index is 11.6. The Hall–Kier alpha value is -2.50. The molecule has 0 aliphatic heterocycles. The predicted molar refractivity (Wildman–Crippen MR) is 61.3 cm³/mol. The number of nitrogens with zero attached hydrogens (tertiary/aromatic N) is 3. The lowest BCUT2D eigenvalue weighted by molar-refractivity contribution is -0.670. The summed E-state index contributed by atoms with van der Waals surface area (Å²) in [7, 11) is 1.88. The van der Waals surface area contributed by atoms with E-state index in [0.717, 1.165) is 5.82 Å². The second-order valence-electron chi connectivity index (χ2n) is 3.39. The Morgan fingerprint density at radius 1 is 1.53 bits per heavy atom. The summed E-state index contributed by atoms with van der Waals surface area (Å²) in [4.78, 5) is 18.4. The monoisotopic (exact) mass is 230 g/mol. The van der Waals surface area contributed by atoms with Crippen LogP contribution >= 0.6 is 0 Å². The molecule has 2 aromatic rings. The number of H-pyrrole nitrogens is 1. The van der Waals surface area contributed by atoms with E-state index in [1.165, 1.54) is 0 Å². The van der Waals surface area contributed by atoms with Gasteiger partial charge in [0.2, 0.25) is 0 Å². The van der Waals surface area contributed by atoms with Gasteiger partial charge in [-0.25, -0.2) is 15.0 Å². The van der Waals surface area contributed by atoms with Gasteiger partial charge in [0.1, 0.15) is 18.6 Å². The van der Waals surface area contributed by atoms with Crippen LogP contribution < -0.4 is 9.99 Å². The Morgan fingerprint density at radius 3 is 2.94 bits per heavy atom. The number of pyridine rings is 1. The number of carbonyl (C=O) groups is 1. The number of aromatic amines is 1. The van der Waals surface area contributed by atoms with E-state index in [1.54, 1.807) is 36.9 Å². The van der Waals surface area contributed by atoms with Gasteiger partial charge in [-0.2, -0.15) is 5.10 Å². The second-order valence-corrected chi connectivity index (χ2v) is 3.39. The SMILES string of the molecule is C[n+]1cc[nH]c1/C=N/NC(=O)c1ccncc1. The minimum atomic E-state index is -0.266. The summed E-state index contributed by atoms with van der Waals surface area (Å²) in [6, 6.07) is 3.25. The number of rotatable bonds is 3. The molecule has 0 unspecified atom stereocenters. The summed E-state index contributed by atoms with van der Waals surface area (Å²) in [6.07, 6.45) is 8.30. The van der Waals surface area contributed by atoms with Crippen molar-refractivity contribution < 1.29 is 9.36 Å². The van der Waals surface area contributed by atoms with Crippen LogP contribution in [0, 0.1) is 0 Å². The van der Waals surface area contributed by atoms with Crippen LogP contribution in [0.3, 0.4) is 0 Å². The van der Waals surface area contributed by atoms with Crippen molar-refractivity contribution in [1.29, 1.82) is 0 Å². The number of hydrogen-bond donors (Lipinski definition) is 2. The van der Waals surface area contributed by atoms with Crippen molar-refractivity contribution >= 4 is 12.1 Å². The highest BCUT2D eigenvalue weighted by atomic mass is 16.2. The summed E-state index contributed by atoms with van der Waals surface area (Å²) < 4.78 is 1.85. The number of amides is 1. The molecule has 0 aliphatic rings. The van der Waals surface area contributed by atoms with Crippen molar-refractivity contribution in [1.82, 2.24) is 15.4 Å². The number of hydrazone groups is 1. The first-order chi connectivity index (χ1) is 8.27. The zero-order valence-electron chi connectivity index (χ0n) is 9.29. The van der Waals surface area contributed by atoms with Crippen LogP contribution in [0.2, 0.25) is 0 Å². The van der Waals surface area contributed by atoms with Gasteiger partial charge in [-0.1, -0.05) is 0 Å². The fourth-order valence-electron chi connectivity index (χ4n) is 1.26. The van der Waals surface area contributed by atoms with E-state index in [1.807, 2.05) is 17.8 Å². The maximum absolute atomic E-state index is 11.6. The molecular weight excluding hydrogens is 218 g/mol. The molecule has 2 rings (SSSR count). The van der Waals surface area contributed by atoms with Crippen LogP contribution in [0.1, 0.15) is 16.2 Å². The van der Waals surface area contributed by atoms with Crippen molar-refractivity contribution in [2.75, 3.05) is 0 Å². The number of aryl methyl sites for hydroxylation is 1. The zero-order chi connectivity index (χ0) is 12.1. The van der Waals surface area contributed by atoms with Gasteiger partial charge in [0, 0.05) is 18.0 Å². The molecule has 0 saturated carbocycles. The highest BCUT2D eigenvalue weighted by molar-refractivity contribution is 5.94. The molecule has 0 aliphatic carbocycles. The Morgan fingerprint density at radius 2 is 2.29 bits per heavy atom. The van der Waals surface area contributed by atoms with Crippen LogP contribution in [-0.4, -0.2) is 22.1 Å². The zero-order valence-corrected chi connectivity index (χ0v) is 9.29. The first-order valence-corrected chi connectivity index (χ1v) is 5.04. The molecule has 2 heterocycles. The van der Waals surface area contributed by atoms with E-state index >= 15 is 0 Å². The van der Waals surface area contributed by atoms with Crippen LogP contribution in [0.25, 0.3) is 0 Å². The highest BCUT2D eigenvalue weighted by Gasteiger charge is 2.04. The lowest BCUT2D eigenvalue weighted by Gasteiger charge is -1.97. The van der Waals surface area contributed by atoms with E-state index in [-0.39, 0.29) is 5.91 Å². The molecule has 86 valence electrons. The molecule has 0 radical (unpaired) electrons. The summed E-state index contributed by atoms with van der Waals surface area (Å²) >= 11 is 0. The molecule has 1 amide bonds. The maximum Gasteiger partial charge on any atom is 0.299 e. The van der Waals surface area contributed by atoms with Gasteiger partial charge in [-0.15, -0.1) is 0 Å². The quantitative estimate of drug-likeness (QED) is 0.442. The highest BCUT2D eigenvalue weighted by Crippen LogP contribution is 1.94. The van der Waals surface area contributed by atoms with Crippen molar-refractivity contribution in [3.63, 3.8) is 0 Å². The van der Waals surface area contributed by atoms with Gasteiger partial charge in [-0.05, 0) is 12.1 Å². The fraction of sp³-hybridized carbons (Fsp3) is 0.0909. The minimum Gasteiger partial charge on any atom is -0.267 e. The predicted octanol–water partition coefficient (Wildman–Crippen LogP) is -0.00190. The molecule has 6 heteroatoms. The summed E-state index contributed by atoms with van der Waals surface area (Å²) in [5, 5.41) is 3.85. The standard InChI is InChI=1S/C11H11N5O/c1-16-7-6-13-10(16)8-14-15-11(17)9-2-4-12-5-3-9/h2-8H,1H3,(H,13,15,17)/p+1. The van der Waals surface area contributed by atoms with E-state index in [4.69, 9.17) is 0 Å². The van der Waals surface area contributed by atoms with E-state index < -0.39 is 0 Å². The molecule has 0 atom stereocenters. The lowest BCUT2D eigenvalue weighted by atomic mass is 10.3. The van der Waals surface area contributed by atoms with E-state index in [9.17, 15) is 4.79 Å². The number of hydrogen-bond acceptors (Lipinski definition) is 3. The van der Waals surface area contributed by atoms with Crippen molar-refractivity contribution in [3.05, 3.63) is 48.3 Å². The average molecular weight is 230 g/mol. The van der Waals surface area contributed by atoms with Crippen molar-refractivity contribution in [2.24, 2.45) is 12.1 Å². The molecule has 0 aromatic carbocycles. The Labute approximate surface area is 98.0 Å². The van der Waals surface area contributed by atoms with Crippen LogP contribution in [0.15, 0.2) is 42.0 Å². The van der Waals surface area contributed by atoms with Crippen LogP contribution in [-0.2, 0) is 7.05 Å². The number of carbonyl (C=O) groups excluding carboxylic acids is 1. The van der Waals surface area contributed by atoms with Gasteiger partial charge >= 0.3 is 0 Å². The largest absolute Gasteiger partial charge is 0.299 e. The third-order valence-electron chi connectivity index (χ3n) is 2.20. The first-order valence-electron chi connectivity index (χ1n) is 5.04. The smallest absolute Gasteiger partial charge is 0.267 e. The van der Waals surface area contributed by atoms with Gasteiger partial charge < -0.3 is 0 Å². The summed E-state index contributed by atoms with van der Waals surface area (Å²) in [5.41, 5.74) is 2.96. The number of aromatic nitrogens is 3. The third-order valence-corrected chi connectivity index (χ3v) is 2.20. The minimum absolute atomic E-state index is 0.266. The summed E-state index contributed by atoms with van der Waals surface area (Å²) in [6.45, 7) is 0. The van der Waals surface area contributed by atoms with E-state index in [0.29, 0.717) is 5.56 Å². The lowest BCUT2D eigenvalue weighted by Crippen LogP contribution is -2.30.